The maximum absolute atomic E-state index is 13.6. The summed E-state index contributed by atoms with van der Waals surface area (Å²) in [6, 6.07) is 5.01. The lowest BCUT2D eigenvalue weighted by molar-refractivity contribution is 0.195. The van der Waals surface area contributed by atoms with Gasteiger partial charge in [-0.05, 0) is 18.6 Å². The van der Waals surface area contributed by atoms with Gasteiger partial charge >= 0.3 is 0 Å². The van der Waals surface area contributed by atoms with Crippen molar-refractivity contribution in [2.75, 3.05) is 27.3 Å². The molecule has 0 spiro atoms. The lowest BCUT2D eigenvalue weighted by Gasteiger charge is -2.12. The van der Waals surface area contributed by atoms with Crippen molar-refractivity contribution in [2.24, 2.45) is 4.99 Å². The summed E-state index contributed by atoms with van der Waals surface area (Å²) in [6.07, 6.45) is 0.893. The molecule has 0 aliphatic rings. The zero-order valence-corrected chi connectivity index (χ0v) is 15.5. The topological polar surface area (TPSA) is 45.7 Å². The van der Waals surface area contributed by atoms with E-state index in [2.05, 4.69) is 31.6 Å². The Labute approximate surface area is 144 Å². The molecule has 0 bridgehead atoms. The van der Waals surface area contributed by atoms with Crippen LogP contribution in [0.2, 0.25) is 0 Å². The van der Waals surface area contributed by atoms with Crippen LogP contribution >= 0.6 is 39.9 Å². The first-order valence-corrected chi connectivity index (χ1v) is 6.84. The van der Waals surface area contributed by atoms with Crippen LogP contribution in [0.25, 0.3) is 0 Å². The van der Waals surface area contributed by atoms with Crippen LogP contribution in [-0.4, -0.2) is 33.3 Å². The number of guanidine groups is 1. The Morgan fingerprint density at radius 2 is 2.15 bits per heavy atom. The van der Waals surface area contributed by atoms with E-state index in [9.17, 15) is 4.39 Å². The number of benzene rings is 1. The van der Waals surface area contributed by atoms with Crippen molar-refractivity contribution in [3.63, 3.8) is 0 Å². The fourth-order valence-electron chi connectivity index (χ4n) is 1.49. The zero-order valence-electron chi connectivity index (χ0n) is 11.6. The number of halogens is 3. The average molecular weight is 460 g/mol. The van der Waals surface area contributed by atoms with Crippen LogP contribution in [-0.2, 0) is 11.3 Å². The monoisotopic (exact) mass is 459 g/mol. The summed E-state index contributed by atoms with van der Waals surface area (Å²) in [4.78, 5) is 4.07. The van der Waals surface area contributed by atoms with Crippen LogP contribution in [0.5, 0.6) is 0 Å². The molecular weight excluding hydrogens is 440 g/mol. The molecular formula is C13H20BrFIN3O. The summed E-state index contributed by atoms with van der Waals surface area (Å²) in [5, 5.41) is 6.20. The maximum atomic E-state index is 13.6. The van der Waals surface area contributed by atoms with Crippen molar-refractivity contribution in [2.45, 2.75) is 13.0 Å². The van der Waals surface area contributed by atoms with E-state index in [0.717, 1.165) is 17.4 Å². The molecule has 7 heteroatoms. The van der Waals surface area contributed by atoms with Gasteiger partial charge in [0.15, 0.2) is 5.96 Å². The molecule has 0 saturated heterocycles. The van der Waals surface area contributed by atoms with E-state index >= 15 is 0 Å². The molecule has 1 rings (SSSR count). The highest BCUT2D eigenvalue weighted by atomic mass is 127. The predicted molar refractivity (Wildman–Crippen MR) is 94.2 cm³/mol. The second-order valence-electron chi connectivity index (χ2n) is 3.93. The predicted octanol–water partition coefficient (Wildman–Crippen LogP) is 2.91. The minimum absolute atomic E-state index is 0. The Kier molecular flexibility index (Phi) is 11.0. The van der Waals surface area contributed by atoms with Gasteiger partial charge in [0.25, 0.3) is 0 Å². The van der Waals surface area contributed by atoms with Gasteiger partial charge < -0.3 is 15.4 Å². The first-order valence-electron chi connectivity index (χ1n) is 6.04. The normalized spacial score (nSPS) is 10.9. The summed E-state index contributed by atoms with van der Waals surface area (Å²) in [7, 11) is 3.35. The van der Waals surface area contributed by atoms with E-state index < -0.39 is 0 Å². The number of hydrogen-bond acceptors (Lipinski definition) is 2. The third kappa shape index (κ3) is 7.39. The molecule has 2 N–H and O–H groups in total. The molecule has 1 aromatic carbocycles. The van der Waals surface area contributed by atoms with E-state index in [1.807, 2.05) is 6.07 Å². The molecule has 0 atom stereocenters. The molecule has 0 saturated carbocycles. The van der Waals surface area contributed by atoms with Gasteiger partial charge in [-0.1, -0.05) is 22.0 Å². The molecule has 4 nitrogen and oxygen atoms in total. The van der Waals surface area contributed by atoms with E-state index in [0.29, 0.717) is 24.7 Å². The highest BCUT2D eigenvalue weighted by Gasteiger charge is 2.03. The molecule has 0 aliphatic carbocycles. The Bertz CT molecular complexity index is 432. The molecule has 0 unspecified atom stereocenters. The van der Waals surface area contributed by atoms with Crippen molar-refractivity contribution in [1.29, 1.82) is 0 Å². The first kappa shape index (κ1) is 19.6. The number of ether oxygens (including phenoxy) is 1. The summed E-state index contributed by atoms with van der Waals surface area (Å²) in [5.41, 5.74) is 0.600. The standard InChI is InChI=1S/C13H19BrFN3O.HI/c1-16-13(17-6-3-7-19-2)18-9-10-4-5-11(14)8-12(10)15;/h4-5,8H,3,6-7,9H2,1-2H3,(H2,16,17,18);1H. The molecule has 1 aromatic rings. The SMILES string of the molecule is CN=C(NCCCOC)NCc1ccc(Br)cc1F.I. The number of methoxy groups -OCH3 is 1. The van der Waals surface area contributed by atoms with Gasteiger partial charge in [0.2, 0.25) is 0 Å². The van der Waals surface area contributed by atoms with Gasteiger partial charge in [-0.2, -0.15) is 0 Å². The quantitative estimate of drug-likeness (QED) is 0.297. The van der Waals surface area contributed by atoms with Crippen LogP contribution in [0.3, 0.4) is 0 Å². The third-order valence-corrected chi connectivity index (χ3v) is 3.00. The molecule has 0 amide bonds. The molecule has 0 aromatic heterocycles. The highest BCUT2D eigenvalue weighted by Crippen LogP contribution is 2.14. The van der Waals surface area contributed by atoms with Crippen molar-refractivity contribution < 1.29 is 9.13 Å². The second-order valence-corrected chi connectivity index (χ2v) is 4.85. The summed E-state index contributed by atoms with van der Waals surface area (Å²) in [6.45, 7) is 1.85. The first-order chi connectivity index (χ1) is 9.17. The lowest BCUT2D eigenvalue weighted by Crippen LogP contribution is -2.37. The molecule has 114 valence electrons. The number of nitrogens with one attached hydrogen (secondary N) is 2. The maximum Gasteiger partial charge on any atom is 0.191 e. The van der Waals surface area contributed by atoms with Crippen LogP contribution in [0.1, 0.15) is 12.0 Å². The van der Waals surface area contributed by atoms with Gasteiger partial charge in [-0.15, -0.1) is 24.0 Å². The van der Waals surface area contributed by atoms with E-state index in [-0.39, 0.29) is 29.8 Å². The number of rotatable bonds is 6. The number of nitrogens with zero attached hydrogens (tertiary/aromatic N) is 1. The fraction of sp³-hybridized carbons (Fsp3) is 0.462. The Morgan fingerprint density at radius 3 is 2.75 bits per heavy atom. The second kappa shape index (κ2) is 11.3. The summed E-state index contributed by atoms with van der Waals surface area (Å²) >= 11 is 3.23. The van der Waals surface area contributed by atoms with Gasteiger partial charge in [-0.25, -0.2) is 4.39 Å². The Morgan fingerprint density at radius 1 is 1.40 bits per heavy atom. The molecule has 0 fully saturated rings. The van der Waals surface area contributed by atoms with E-state index in [1.54, 1.807) is 20.2 Å². The van der Waals surface area contributed by atoms with Crippen molar-refractivity contribution in [3.05, 3.63) is 34.1 Å². The van der Waals surface area contributed by atoms with E-state index in [1.165, 1.54) is 6.07 Å². The van der Waals surface area contributed by atoms with Crippen molar-refractivity contribution >= 4 is 45.9 Å². The summed E-state index contributed by atoms with van der Waals surface area (Å²) < 4.78 is 19.3. The Hall–Kier alpha value is -0.410. The minimum atomic E-state index is -0.239. The molecule has 0 aliphatic heterocycles. The van der Waals surface area contributed by atoms with Crippen LogP contribution < -0.4 is 10.6 Å². The van der Waals surface area contributed by atoms with Gasteiger partial charge in [0.1, 0.15) is 5.82 Å². The average Bonchev–Trinajstić information content (AvgIpc) is 2.40. The third-order valence-electron chi connectivity index (χ3n) is 2.50. The van der Waals surface area contributed by atoms with Gasteiger partial charge in [0.05, 0.1) is 0 Å². The van der Waals surface area contributed by atoms with Crippen molar-refractivity contribution in [3.8, 4) is 0 Å². The lowest BCUT2D eigenvalue weighted by atomic mass is 10.2. The van der Waals surface area contributed by atoms with Gasteiger partial charge in [0, 0.05) is 43.9 Å². The van der Waals surface area contributed by atoms with Crippen LogP contribution in [0.15, 0.2) is 27.7 Å². The van der Waals surface area contributed by atoms with Crippen molar-refractivity contribution in [1.82, 2.24) is 10.6 Å². The van der Waals surface area contributed by atoms with Gasteiger partial charge in [-0.3, -0.25) is 4.99 Å². The largest absolute Gasteiger partial charge is 0.385 e. The minimum Gasteiger partial charge on any atom is -0.385 e. The van der Waals surface area contributed by atoms with E-state index in [4.69, 9.17) is 4.74 Å². The molecule has 0 heterocycles. The van der Waals surface area contributed by atoms with Crippen LogP contribution in [0.4, 0.5) is 4.39 Å². The fourth-order valence-corrected chi connectivity index (χ4v) is 1.82. The Balaban J connectivity index is 0.00000361. The number of aliphatic imine (C=N–C) groups is 1. The molecule has 20 heavy (non-hydrogen) atoms. The zero-order chi connectivity index (χ0) is 14.1. The van der Waals surface area contributed by atoms with Crippen LogP contribution in [0, 0.1) is 5.82 Å². The summed E-state index contributed by atoms with van der Waals surface area (Å²) in [5.74, 6) is 0.412. The molecule has 0 radical (unpaired) electrons. The number of hydrogen-bond donors (Lipinski definition) is 2. The highest BCUT2D eigenvalue weighted by molar-refractivity contribution is 14.0. The smallest absolute Gasteiger partial charge is 0.191 e.